The van der Waals surface area contributed by atoms with Gasteiger partial charge < -0.3 is 4.42 Å². The number of aromatic nitrogens is 2. The molecule has 0 saturated heterocycles. The van der Waals surface area contributed by atoms with Crippen LogP contribution in [0.4, 0.5) is 8.78 Å². The zero-order valence-corrected chi connectivity index (χ0v) is 13.0. The van der Waals surface area contributed by atoms with Crippen LogP contribution in [0.5, 0.6) is 0 Å². The van der Waals surface area contributed by atoms with Gasteiger partial charge >= 0.3 is 5.76 Å². The quantitative estimate of drug-likeness (QED) is 0.594. The molecule has 1 N–H and O–H groups in total. The molecule has 4 rings (SSSR count). The number of H-pyrrole nitrogens is 1. The third-order valence-corrected chi connectivity index (χ3v) is 4.54. The highest BCUT2D eigenvalue weighted by molar-refractivity contribution is 7.13. The van der Waals surface area contributed by atoms with E-state index in [1.54, 1.807) is 12.1 Å². The van der Waals surface area contributed by atoms with Gasteiger partial charge in [0.05, 0.1) is 11.2 Å². The molecule has 0 aliphatic rings. The standard InChI is InChI=1S/C17H10F2N2O2S/c18-7-10-5-11(19)2-3-12(10)16-20-14(8-24-16)9-1-4-13-15(6-9)23-17(22)21-13/h1-6,8H,7H2,(H,21,22). The number of nitrogens with zero attached hydrogens (tertiary/aromatic N) is 1. The first-order valence-corrected chi connectivity index (χ1v) is 7.95. The number of rotatable bonds is 3. The second kappa shape index (κ2) is 5.68. The first-order chi connectivity index (χ1) is 11.6. The van der Waals surface area contributed by atoms with Crippen LogP contribution >= 0.6 is 11.3 Å². The molecular formula is C17H10F2N2O2S. The van der Waals surface area contributed by atoms with Gasteiger partial charge in [-0.15, -0.1) is 11.3 Å². The molecule has 0 amide bonds. The van der Waals surface area contributed by atoms with Crippen LogP contribution in [0.2, 0.25) is 0 Å². The molecule has 4 nitrogen and oxygen atoms in total. The van der Waals surface area contributed by atoms with E-state index in [1.807, 2.05) is 11.4 Å². The molecule has 2 aromatic carbocycles. The second-order valence-corrected chi connectivity index (χ2v) is 6.06. The molecule has 0 fully saturated rings. The van der Waals surface area contributed by atoms with Crippen LogP contribution in [-0.4, -0.2) is 9.97 Å². The van der Waals surface area contributed by atoms with Crippen LogP contribution in [0.3, 0.4) is 0 Å². The lowest BCUT2D eigenvalue weighted by Crippen LogP contribution is -1.92. The van der Waals surface area contributed by atoms with E-state index < -0.39 is 18.2 Å². The molecule has 0 aliphatic carbocycles. The van der Waals surface area contributed by atoms with Crippen LogP contribution in [-0.2, 0) is 6.67 Å². The molecule has 2 aromatic heterocycles. The summed E-state index contributed by atoms with van der Waals surface area (Å²) in [5.74, 6) is -0.990. The Labute approximate surface area is 138 Å². The van der Waals surface area contributed by atoms with Crippen LogP contribution < -0.4 is 5.76 Å². The zero-order valence-electron chi connectivity index (χ0n) is 12.2. The van der Waals surface area contributed by atoms with Gasteiger partial charge in [0.15, 0.2) is 5.58 Å². The fourth-order valence-electron chi connectivity index (χ4n) is 2.52. The number of hydrogen-bond donors (Lipinski definition) is 1. The van der Waals surface area contributed by atoms with Crippen molar-refractivity contribution in [2.75, 3.05) is 0 Å². The fraction of sp³-hybridized carbons (Fsp3) is 0.0588. The van der Waals surface area contributed by atoms with E-state index in [4.69, 9.17) is 4.42 Å². The second-order valence-electron chi connectivity index (χ2n) is 5.20. The SMILES string of the molecule is O=c1[nH]c2ccc(-c3csc(-c4ccc(F)cc4CF)n3)cc2o1. The molecule has 0 unspecified atom stereocenters. The van der Waals surface area contributed by atoms with Crippen LogP contribution in [0.25, 0.3) is 32.9 Å². The Morgan fingerprint density at radius 1 is 1.21 bits per heavy atom. The first-order valence-electron chi connectivity index (χ1n) is 7.07. The smallest absolute Gasteiger partial charge is 0.408 e. The number of fused-ring (bicyclic) bond motifs is 1. The summed E-state index contributed by atoms with van der Waals surface area (Å²) in [6.07, 6.45) is 0. The minimum Gasteiger partial charge on any atom is -0.408 e. The minimum absolute atomic E-state index is 0.267. The molecule has 2 heterocycles. The Balaban J connectivity index is 1.77. The normalized spacial score (nSPS) is 11.2. The van der Waals surface area contributed by atoms with Crippen molar-refractivity contribution in [2.45, 2.75) is 6.67 Å². The number of nitrogens with one attached hydrogen (secondary N) is 1. The Kier molecular flexibility index (Phi) is 3.50. The van der Waals surface area contributed by atoms with Crippen LogP contribution in [0.1, 0.15) is 5.56 Å². The number of oxazole rings is 1. The number of alkyl halides is 1. The average Bonchev–Trinajstić information content (AvgIpc) is 3.19. The van der Waals surface area contributed by atoms with E-state index in [2.05, 4.69) is 9.97 Å². The number of halogens is 2. The molecule has 0 radical (unpaired) electrons. The van der Waals surface area contributed by atoms with Gasteiger partial charge in [0.25, 0.3) is 0 Å². The third kappa shape index (κ3) is 2.52. The van der Waals surface area contributed by atoms with Gasteiger partial charge in [-0.25, -0.2) is 18.6 Å². The van der Waals surface area contributed by atoms with Crippen molar-refractivity contribution >= 4 is 22.4 Å². The maximum absolute atomic E-state index is 13.2. The molecule has 0 spiro atoms. The molecule has 0 atom stereocenters. The predicted octanol–water partition coefficient (Wildman–Crippen LogP) is 4.52. The van der Waals surface area contributed by atoms with Gasteiger partial charge in [-0.3, -0.25) is 4.98 Å². The lowest BCUT2D eigenvalue weighted by molar-refractivity contribution is 0.483. The highest BCUT2D eigenvalue weighted by Gasteiger charge is 2.12. The summed E-state index contributed by atoms with van der Waals surface area (Å²) in [5, 5.41) is 2.43. The van der Waals surface area contributed by atoms with Gasteiger partial charge in [-0.2, -0.15) is 0 Å². The Hall–Kier alpha value is -2.80. The average molecular weight is 344 g/mol. The molecule has 4 aromatic rings. The maximum atomic E-state index is 13.2. The topological polar surface area (TPSA) is 58.9 Å². The monoisotopic (exact) mass is 344 g/mol. The Bertz CT molecular complexity index is 1100. The summed E-state index contributed by atoms with van der Waals surface area (Å²) in [5.41, 5.74) is 3.34. The minimum atomic E-state index is -0.761. The summed E-state index contributed by atoms with van der Waals surface area (Å²) in [6, 6.07) is 9.26. The highest BCUT2D eigenvalue weighted by Crippen LogP contribution is 2.32. The van der Waals surface area contributed by atoms with Gasteiger partial charge in [0.1, 0.15) is 17.5 Å². The number of aromatic amines is 1. The van der Waals surface area contributed by atoms with Crippen molar-refractivity contribution in [3.8, 4) is 21.8 Å². The molecule has 7 heteroatoms. The summed E-state index contributed by atoms with van der Waals surface area (Å²) in [6.45, 7) is -0.761. The van der Waals surface area contributed by atoms with Crippen LogP contribution in [0, 0.1) is 5.82 Å². The van der Waals surface area contributed by atoms with Crippen molar-refractivity contribution in [2.24, 2.45) is 0 Å². The van der Waals surface area contributed by atoms with Gasteiger partial charge in [-0.1, -0.05) is 6.07 Å². The Morgan fingerprint density at radius 3 is 2.92 bits per heavy atom. The first kappa shape index (κ1) is 14.8. The van der Waals surface area contributed by atoms with E-state index >= 15 is 0 Å². The van der Waals surface area contributed by atoms with Crippen molar-refractivity contribution in [3.05, 3.63) is 63.7 Å². The van der Waals surface area contributed by atoms with Gasteiger partial charge in [0.2, 0.25) is 0 Å². The summed E-state index contributed by atoms with van der Waals surface area (Å²) < 4.78 is 31.4. The number of hydrogen-bond acceptors (Lipinski definition) is 4. The Morgan fingerprint density at radius 2 is 2.08 bits per heavy atom. The molecule has 120 valence electrons. The fourth-order valence-corrected chi connectivity index (χ4v) is 3.41. The number of thiazole rings is 1. The highest BCUT2D eigenvalue weighted by atomic mass is 32.1. The van der Waals surface area contributed by atoms with Gasteiger partial charge in [-0.05, 0) is 35.9 Å². The summed E-state index contributed by atoms with van der Waals surface area (Å²) in [7, 11) is 0. The molecular weight excluding hydrogens is 334 g/mol. The lowest BCUT2D eigenvalue weighted by atomic mass is 10.1. The predicted molar refractivity (Wildman–Crippen MR) is 88.1 cm³/mol. The third-order valence-electron chi connectivity index (χ3n) is 3.66. The summed E-state index contributed by atoms with van der Waals surface area (Å²) >= 11 is 1.34. The van der Waals surface area contributed by atoms with E-state index in [-0.39, 0.29) is 5.56 Å². The van der Waals surface area contributed by atoms with E-state index in [0.717, 1.165) is 5.56 Å². The largest absolute Gasteiger partial charge is 0.417 e. The van der Waals surface area contributed by atoms with Gasteiger partial charge in [0, 0.05) is 16.5 Å². The van der Waals surface area contributed by atoms with Crippen molar-refractivity contribution in [3.63, 3.8) is 0 Å². The van der Waals surface area contributed by atoms with Crippen molar-refractivity contribution < 1.29 is 13.2 Å². The molecule has 0 aliphatic heterocycles. The zero-order chi connectivity index (χ0) is 16.7. The van der Waals surface area contributed by atoms with Crippen LogP contribution in [0.15, 0.2) is 51.0 Å². The molecule has 0 bridgehead atoms. The summed E-state index contributed by atoms with van der Waals surface area (Å²) in [4.78, 5) is 18.3. The number of benzene rings is 2. The van der Waals surface area contributed by atoms with E-state index in [9.17, 15) is 13.6 Å². The maximum Gasteiger partial charge on any atom is 0.417 e. The van der Waals surface area contributed by atoms with Crippen molar-refractivity contribution in [1.29, 1.82) is 0 Å². The molecule has 24 heavy (non-hydrogen) atoms. The molecule has 0 saturated carbocycles. The van der Waals surface area contributed by atoms with E-state index in [0.29, 0.717) is 27.4 Å². The van der Waals surface area contributed by atoms with Crippen molar-refractivity contribution in [1.82, 2.24) is 9.97 Å². The van der Waals surface area contributed by atoms with E-state index in [1.165, 1.54) is 29.5 Å². The lowest BCUT2D eigenvalue weighted by Gasteiger charge is -2.03.